The van der Waals surface area contributed by atoms with Crippen molar-refractivity contribution < 1.29 is 19.4 Å². The molecule has 10 heteroatoms. The molecule has 0 fully saturated rings. The first kappa shape index (κ1) is 24.5. The van der Waals surface area contributed by atoms with Gasteiger partial charge < -0.3 is 19.6 Å². The van der Waals surface area contributed by atoms with E-state index in [0.29, 0.717) is 27.9 Å². The van der Waals surface area contributed by atoms with Crippen LogP contribution in [0.4, 0.5) is 0 Å². The van der Waals surface area contributed by atoms with Crippen LogP contribution in [-0.4, -0.2) is 45.5 Å². The fourth-order valence-electron chi connectivity index (χ4n) is 4.01. The van der Waals surface area contributed by atoms with Crippen LogP contribution in [0.2, 0.25) is 5.02 Å². The van der Waals surface area contributed by atoms with Crippen molar-refractivity contribution in [2.75, 3.05) is 14.2 Å². The van der Waals surface area contributed by atoms with E-state index in [4.69, 9.17) is 21.1 Å². The Morgan fingerprint density at radius 3 is 2.54 bits per heavy atom. The molecule has 37 heavy (non-hydrogen) atoms. The summed E-state index contributed by atoms with van der Waals surface area (Å²) in [5, 5.41) is 18.7. The number of fused-ring (bicyclic) bond motifs is 1. The molecule has 5 aromatic rings. The molecule has 0 aliphatic carbocycles. The lowest BCUT2D eigenvalue weighted by atomic mass is 10.0. The van der Waals surface area contributed by atoms with Crippen LogP contribution >= 0.6 is 23.4 Å². The summed E-state index contributed by atoms with van der Waals surface area (Å²) in [5.41, 5.74) is 3.80. The summed E-state index contributed by atoms with van der Waals surface area (Å²) in [6.07, 6.45) is 1.63. The Balaban J connectivity index is 1.59. The van der Waals surface area contributed by atoms with Crippen LogP contribution in [0.25, 0.3) is 39.6 Å². The summed E-state index contributed by atoms with van der Waals surface area (Å²) in [4.78, 5) is 20.3. The number of nitrogens with zero attached hydrogens (tertiary/aromatic N) is 2. The molecule has 0 atom stereocenters. The standard InChI is InChI=1S/C27H21ClN4O4S/c1-35-20-12-11-16(28)13-19(20)25-30-27(32-31-25)37-22(26(33)34)14-18-17-9-6-10-21(36-2)24(17)29-23(18)15-7-4-3-5-8-15/h3-14,29H,1-2H3,(H,33,34)(H,30,31,32)/b22-14-. The van der Waals surface area contributed by atoms with Gasteiger partial charge in [-0.2, -0.15) is 0 Å². The van der Waals surface area contributed by atoms with E-state index in [9.17, 15) is 9.90 Å². The maximum atomic E-state index is 12.3. The monoisotopic (exact) mass is 532 g/mol. The van der Waals surface area contributed by atoms with Gasteiger partial charge in [0.2, 0.25) is 5.16 Å². The minimum absolute atomic E-state index is 0.0458. The summed E-state index contributed by atoms with van der Waals surface area (Å²) < 4.78 is 10.9. The van der Waals surface area contributed by atoms with E-state index in [1.807, 2.05) is 48.5 Å². The third-order valence-electron chi connectivity index (χ3n) is 5.69. The number of halogens is 1. The number of ether oxygens (including phenoxy) is 2. The van der Waals surface area contributed by atoms with Crippen molar-refractivity contribution in [1.82, 2.24) is 20.2 Å². The minimum atomic E-state index is -1.10. The Morgan fingerprint density at radius 1 is 1.03 bits per heavy atom. The molecular weight excluding hydrogens is 512 g/mol. The smallest absolute Gasteiger partial charge is 0.342 e. The normalized spacial score (nSPS) is 11.6. The summed E-state index contributed by atoms with van der Waals surface area (Å²) in [7, 11) is 3.14. The Morgan fingerprint density at radius 2 is 1.81 bits per heavy atom. The number of hydrogen-bond acceptors (Lipinski definition) is 6. The van der Waals surface area contributed by atoms with Gasteiger partial charge in [0.15, 0.2) is 5.82 Å². The number of aliphatic carboxylic acids is 1. The highest BCUT2D eigenvalue weighted by Gasteiger charge is 2.20. The van der Waals surface area contributed by atoms with Crippen LogP contribution < -0.4 is 9.47 Å². The average molecular weight is 533 g/mol. The highest BCUT2D eigenvalue weighted by Crippen LogP contribution is 2.38. The number of carboxylic acid groups (broad SMARTS) is 1. The van der Waals surface area contributed by atoms with E-state index in [2.05, 4.69) is 20.2 Å². The number of H-pyrrole nitrogens is 2. The van der Waals surface area contributed by atoms with Crippen molar-refractivity contribution in [2.24, 2.45) is 0 Å². The van der Waals surface area contributed by atoms with Crippen LogP contribution in [0.15, 0.2) is 76.8 Å². The number of nitrogens with one attached hydrogen (secondary N) is 2. The van der Waals surface area contributed by atoms with Crippen molar-refractivity contribution in [3.63, 3.8) is 0 Å². The van der Waals surface area contributed by atoms with Crippen LogP contribution in [0.5, 0.6) is 11.5 Å². The fourth-order valence-corrected chi connectivity index (χ4v) is 4.87. The molecule has 0 aliphatic heterocycles. The van der Waals surface area contributed by atoms with E-state index in [0.717, 1.165) is 39.5 Å². The maximum Gasteiger partial charge on any atom is 0.342 e. The Kier molecular flexibility index (Phi) is 6.89. The van der Waals surface area contributed by atoms with Gasteiger partial charge in [0.25, 0.3) is 0 Å². The Bertz CT molecular complexity index is 1630. The van der Waals surface area contributed by atoms with Crippen LogP contribution in [0.3, 0.4) is 0 Å². The van der Waals surface area contributed by atoms with E-state index in [1.54, 1.807) is 38.5 Å². The zero-order valence-corrected chi connectivity index (χ0v) is 21.4. The molecule has 0 saturated heterocycles. The number of benzene rings is 3. The largest absolute Gasteiger partial charge is 0.496 e. The SMILES string of the molecule is COc1ccc(Cl)cc1-c1nc(S/C(=C\c2c(-c3ccccc3)[nH]c3c(OC)cccc23)C(=O)O)n[nH]1. The van der Waals surface area contributed by atoms with Crippen LogP contribution in [0, 0.1) is 0 Å². The lowest BCUT2D eigenvalue weighted by Gasteiger charge is -2.05. The fraction of sp³-hybridized carbons (Fsp3) is 0.0741. The molecule has 0 spiro atoms. The lowest BCUT2D eigenvalue weighted by molar-refractivity contribution is -0.131. The molecule has 0 aliphatic rings. The van der Waals surface area contributed by atoms with Gasteiger partial charge in [-0.1, -0.05) is 54.1 Å². The molecule has 2 heterocycles. The van der Waals surface area contributed by atoms with Crippen molar-refractivity contribution >= 4 is 46.3 Å². The Hall–Kier alpha value is -4.21. The molecule has 5 rings (SSSR count). The number of carbonyl (C=O) groups is 1. The van der Waals surface area contributed by atoms with E-state index < -0.39 is 5.97 Å². The zero-order chi connectivity index (χ0) is 25.9. The number of aromatic nitrogens is 4. The van der Waals surface area contributed by atoms with E-state index in [-0.39, 0.29) is 10.1 Å². The molecule has 2 aromatic heterocycles. The molecule has 0 unspecified atom stereocenters. The Labute approximate surface area is 221 Å². The zero-order valence-electron chi connectivity index (χ0n) is 19.8. The van der Waals surface area contributed by atoms with Gasteiger partial charge in [-0.25, -0.2) is 9.78 Å². The summed E-state index contributed by atoms with van der Waals surface area (Å²) in [6, 6.07) is 20.5. The predicted molar refractivity (Wildman–Crippen MR) is 145 cm³/mol. The van der Waals surface area contributed by atoms with Crippen LogP contribution in [-0.2, 0) is 4.79 Å². The molecule has 0 radical (unpaired) electrons. The van der Waals surface area contributed by atoms with Gasteiger partial charge in [-0.05, 0) is 47.7 Å². The second kappa shape index (κ2) is 10.4. The van der Waals surface area contributed by atoms with Crippen molar-refractivity contribution in [2.45, 2.75) is 5.16 Å². The molecule has 3 N–H and O–H groups in total. The third kappa shape index (κ3) is 4.91. The average Bonchev–Trinajstić information content (AvgIpc) is 3.53. The highest BCUT2D eigenvalue weighted by molar-refractivity contribution is 8.04. The molecule has 0 bridgehead atoms. The second-order valence-electron chi connectivity index (χ2n) is 7.89. The lowest BCUT2D eigenvalue weighted by Crippen LogP contribution is -1.97. The molecule has 0 saturated carbocycles. The van der Waals surface area contributed by atoms with Gasteiger partial charge in [-0.3, -0.25) is 5.10 Å². The van der Waals surface area contributed by atoms with E-state index >= 15 is 0 Å². The maximum absolute atomic E-state index is 12.3. The van der Waals surface area contributed by atoms with Gasteiger partial charge in [-0.15, -0.1) is 5.10 Å². The van der Waals surface area contributed by atoms with E-state index in [1.165, 1.54) is 0 Å². The first-order chi connectivity index (χ1) is 18.0. The number of hydrogen-bond donors (Lipinski definition) is 3. The topological polar surface area (TPSA) is 113 Å². The van der Waals surface area contributed by atoms with Crippen molar-refractivity contribution in [3.8, 4) is 34.1 Å². The number of para-hydroxylation sites is 1. The summed E-state index contributed by atoms with van der Waals surface area (Å²) in [5.74, 6) is 0.528. The summed E-state index contributed by atoms with van der Waals surface area (Å²) in [6.45, 7) is 0. The van der Waals surface area contributed by atoms with Crippen molar-refractivity contribution in [1.29, 1.82) is 0 Å². The quantitative estimate of drug-likeness (QED) is 0.154. The van der Waals surface area contributed by atoms with Gasteiger partial charge in [0.1, 0.15) is 16.4 Å². The first-order valence-corrected chi connectivity index (χ1v) is 12.3. The molecule has 186 valence electrons. The van der Waals surface area contributed by atoms with Crippen LogP contribution in [0.1, 0.15) is 5.56 Å². The second-order valence-corrected chi connectivity index (χ2v) is 9.34. The molecule has 3 aromatic carbocycles. The number of rotatable bonds is 8. The molecule has 8 nitrogen and oxygen atoms in total. The van der Waals surface area contributed by atoms with Gasteiger partial charge >= 0.3 is 5.97 Å². The number of aromatic amines is 2. The number of carboxylic acids is 1. The number of methoxy groups -OCH3 is 2. The van der Waals surface area contributed by atoms with Gasteiger partial charge in [0.05, 0.1) is 31.0 Å². The van der Waals surface area contributed by atoms with Gasteiger partial charge in [0, 0.05) is 16.0 Å². The predicted octanol–water partition coefficient (Wildman–Crippen LogP) is 6.51. The molecule has 0 amide bonds. The molecular formula is C27H21ClN4O4S. The minimum Gasteiger partial charge on any atom is -0.496 e. The third-order valence-corrected chi connectivity index (χ3v) is 6.80. The highest BCUT2D eigenvalue weighted by atomic mass is 35.5. The van der Waals surface area contributed by atoms with Crippen molar-refractivity contribution in [3.05, 3.63) is 82.2 Å². The first-order valence-electron chi connectivity index (χ1n) is 11.1. The summed E-state index contributed by atoms with van der Waals surface area (Å²) >= 11 is 7.09. The number of thioether (sulfide) groups is 1.